The minimum absolute atomic E-state index is 0.0604. The second-order valence-corrected chi connectivity index (χ2v) is 4.68. The first kappa shape index (κ1) is 10.9. The average molecular weight is 181 g/mol. The van der Waals surface area contributed by atoms with Crippen molar-refractivity contribution in [3.63, 3.8) is 0 Å². The van der Waals surface area contributed by atoms with Gasteiger partial charge in [-0.15, -0.1) is 0 Å². The maximum absolute atomic E-state index is 10.9. The molecule has 0 amide bonds. The molecule has 11 heavy (non-hydrogen) atoms. The number of hydrogen-bond donors (Lipinski definition) is 0. The molecule has 68 valence electrons. The van der Waals surface area contributed by atoms with Crippen LogP contribution >= 0.6 is 0 Å². The molecule has 0 aliphatic carbocycles. The molecule has 0 saturated heterocycles. The van der Waals surface area contributed by atoms with E-state index in [4.69, 9.17) is 4.74 Å². The molecule has 0 heterocycles. The summed E-state index contributed by atoms with van der Waals surface area (Å²) < 4.78 is 27.9. The zero-order chi connectivity index (χ0) is 9.07. The molecule has 0 spiro atoms. The minimum atomic E-state index is -3.05. The topological polar surface area (TPSA) is 46.6 Å². The van der Waals surface area contributed by atoms with E-state index in [0.717, 1.165) is 0 Å². The van der Waals surface area contributed by atoms with Gasteiger partial charge in [-0.05, 0) is 6.92 Å². The van der Waals surface area contributed by atoms with Crippen molar-refractivity contribution in [2.45, 2.75) is 13.0 Å². The fourth-order valence-electron chi connectivity index (χ4n) is 0.572. The molecule has 0 fully saturated rings. The van der Waals surface area contributed by atoms with Crippen LogP contribution in [0.5, 0.6) is 0 Å². The van der Waals surface area contributed by atoms with E-state index in [-0.39, 0.29) is 6.10 Å². The van der Waals surface area contributed by atoms with Crippen molar-refractivity contribution in [1.29, 1.82) is 0 Å². The van der Waals surface area contributed by atoms with Crippen LogP contribution in [-0.2, 0) is 14.8 Å². The molecule has 0 aromatic heterocycles. The summed E-state index contributed by atoms with van der Waals surface area (Å²) in [7, 11) is 0.0343. The van der Waals surface area contributed by atoms with Gasteiger partial charge < -0.3 is 4.74 Å². The van der Waals surface area contributed by atoms with Gasteiger partial charge in [0, 0.05) is 20.7 Å². The van der Waals surface area contributed by atoms with Crippen molar-refractivity contribution in [2.24, 2.45) is 0 Å². The Kier molecular flexibility index (Phi) is 3.99. The Labute approximate surface area is 68.2 Å². The Balaban J connectivity index is 3.98. The molecule has 0 radical (unpaired) electrons. The van der Waals surface area contributed by atoms with Gasteiger partial charge in [-0.25, -0.2) is 12.7 Å². The second-order valence-electron chi connectivity index (χ2n) is 2.59. The van der Waals surface area contributed by atoms with E-state index in [1.54, 1.807) is 7.11 Å². The van der Waals surface area contributed by atoms with Gasteiger partial charge in [0.05, 0.1) is 12.4 Å². The standard InChI is InChI=1S/C6H15NO3S/c1-6(10-3)5-7(2)11(4,8)9/h6H,5H2,1-4H3/t6-/m0/s1. The summed E-state index contributed by atoms with van der Waals surface area (Å²) in [6, 6.07) is 0. The van der Waals surface area contributed by atoms with Crippen LogP contribution in [-0.4, -0.2) is 45.8 Å². The quantitative estimate of drug-likeness (QED) is 0.609. The van der Waals surface area contributed by atoms with Gasteiger partial charge in [0.1, 0.15) is 0 Å². The van der Waals surface area contributed by atoms with Crippen LogP contribution in [0.4, 0.5) is 0 Å². The molecule has 1 atom stereocenters. The summed E-state index contributed by atoms with van der Waals surface area (Å²) in [6.45, 7) is 2.22. The minimum Gasteiger partial charge on any atom is -0.380 e. The van der Waals surface area contributed by atoms with E-state index in [2.05, 4.69) is 0 Å². The van der Waals surface area contributed by atoms with E-state index in [1.165, 1.54) is 17.6 Å². The summed E-state index contributed by atoms with van der Waals surface area (Å²) in [5, 5.41) is 0. The largest absolute Gasteiger partial charge is 0.380 e. The Morgan fingerprint density at radius 3 is 2.27 bits per heavy atom. The van der Waals surface area contributed by atoms with Crippen LogP contribution in [0.15, 0.2) is 0 Å². The normalized spacial score (nSPS) is 15.4. The molecule has 0 N–H and O–H groups in total. The van der Waals surface area contributed by atoms with Crippen molar-refractivity contribution in [3.05, 3.63) is 0 Å². The van der Waals surface area contributed by atoms with Gasteiger partial charge in [0.2, 0.25) is 10.0 Å². The summed E-state index contributed by atoms with van der Waals surface area (Å²) in [6.07, 6.45) is 1.12. The first-order chi connectivity index (χ1) is 4.88. The number of rotatable bonds is 4. The maximum Gasteiger partial charge on any atom is 0.211 e. The monoisotopic (exact) mass is 181 g/mol. The van der Waals surface area contributed by atoms with E-state index >= 15 is 0 Å². The lowest BCUT2D eigenvalue weighted by Gasteiger charge is -2.17. The number of hydrogen-bond acceptors (Lipinski definition) is 3. The van der Waals surface area contributed by atoms with Gasteiger partial charge in [0.25, 0.3) is 0 Å². The number of ether oxygens (including phenoxy) is 1. The Bertz CT molecular complexity index is 200. The third-order valence-electron chi connectivity index (χ3n) is 1.48. The SMILES string of the molecule is CO[C@@H](C)CN(C)S(C)(=O)=O. The summed E-state index contributed by atoms with van der Waals surface area (Å²) in [5.74, 6) is 0. The van der Waals surface area contributed by atoms with Gasteiger partial charge >= 0.3 is 0 Å². The lowest BCUT2D eigenvalue weighted by molar-refractivity contribution is 0.104. The fourth-order valence-corrected chi connectivity index (χ4v) is 1.05. The molecule has 0 aromatic rings. The van der Waals surface area contributed by atoms with Gasteiger partial charge in [-0.3, -0.25) is 0 Å². The van der Waals surface area contributed by atoms with Crippen LogP contribution in [0.2, 0.25) is 0 Å². The third kappa shape index (κ3) is 4.34. The van der Waals surface area contributed by atoms with Crippen molar-refractivity contribution in [2.75, 3.05) is 27.0 Å². The second kappa shape index (κ2) is 4.04. The Hall–Kier alpha value is -0.130. The number of methoxy groups -OCH3 is 1. The highest BCUT2D eigenvalue weighted by Gasteiger charge is 2.13. The summed E-state index contributed by atoms with van der Waals surface area (Å²) in [5.41, 5.74) is 0. The number of nitrogens with zero attached hydrogens (tertiary/aromatic N) is 1. The zero-order valence-electron chi connectivity index (χ0n) is 7.36. The average Bonchev–Trinajstić information content (AvgIpc) is 1.85. The smallest absolute Gasteiger partial charge is 0.211 e. The first-order valence-electron chi connectivity index (χ1n) is 3.32. The van der Waals surface area contributed by atoms with Crippen LogP contribution < -0.4 is 0 Å². The van der Waals surface area contributed by atoms with Crippen LogP contribution in [0.25, 0.3) is 0 Å². The lowest BCUT2D eigenvalue weighted by Crippen LogP contribution is -2.32. The summed E-state index contributed by atoms with van der Waals surface area (Å²) >= 11 is 0. The van der Waals surface area contributed by atoms with Gasteiger partial charge in [0.15, 0.2) is 0 Å². The van der Waals surface area contributed by atoms with Crippen LogP contribution in [0.1, 0.15) is 6.92 Å². The molecular formula is C6H15NO3S. The maximum atomic E-state index is 10.9. The number of sulfonamides is 1. The highest BCUT2D eigenvalue weighted by Crippen LogP contribution is 1.97. The van der Waals surface area contributed by atoms with Gasteiger partial charge in [-0.2, -0.15) is 0 Å². The van der Waals surface area contributed by atoms with E-state index in [0.29, 0.717) is 6.54 Å². The third-order valence-corrected chi connectivity index (χ3v) is 2.76. The molecular weight excluding hydrogens is 166 g/mol. The molecule has 0 unspecified atom stereocenters. The molecule has 0 aliphatic heterocycles. The highest BCUT2D eigenvalue weighted by molar-refractivity contribution is 7.88. The van der Waals surface area contributed by atoms with Crippen LogP contribution in [0, 0.1) is 0 Å². The molecule has 0 bridgehead atoms. The summed E-state index contributed by atoms with van der Waals surface area (Å²) in [4.78, 5) is 0. The lowest BCUT2D eigenvalue weighted by atomic mass is 10.4. The van der Waals surface area contributed by atoms with Gasteiger partial charge in [-0.1, -0.05) is 0 Å². The van der Waals surface area contributed by atoms with E-state index in [9.17, 15) is 8.42 Å². The Morgan fingerprint density at radius 2 is 2.00 bits per heavy atom. The van der Waals surface area contributed by atoms with E-state index < -0.39 is 10.0 Å². The van der Waals surface area contributed by atoms with Crippen LogP contribution in [0.3, 0.4) is 0 Å². The zero-order valence-corrected chi connectivity index (χ0v) is 8.18. The Morgan fingerprint density at radius 1 is 1.55 bits per heavy atom. The first-order valence-corrected chi connectivity index (χ1v) is 5.17. The molecule has 0 aliphatic rings. The predicted molar refractivity (Wildman–Crippen MR) is 43.9 cm³/mol. The van der Waals surface area contributed by atoms with E-state index in [1.807, 2.05) is 6.92 Å². The highest BCUT2D eigenvalue weighted by atomic mass is 32.2. The molecule has 4 nitrogen and oxygen atoms in total. The molecule has 0 rings (SSSR count). The van der Waals surface area contributed by atoms with Crippen molar-refractivity contribution < 1.29 is 13.2 Å². The van der Waals surface area contributed by atoms with Crippen molar-refractivity contribution in [3.8, 4) is 0 Å². The molecule has 0 aromatic carbocycles. The fraction of sp³-hybridized carbons (Fsp3) is 1.00. The number of likely N-dealkylation sites (N-methyl/N-ethyl adjacent to an activating group) is 1. The van der Waals surface area contributed by atoms with Crippen molar-refractivity contribution in [1.82, 2.24) is 4.31 Å². The molecule has 0 saturated carbocycles. The molecule has 5 heteroatoms. The predicted octanol–water partition coefficient (Wildman–Crippen LogP) is -0.0873. The van der Waals surface area contributed by atoms with Crippen molar-refractivity contribution >= 4 is 10.0 Å².